The van der Waals surface area contributed by atoms with Crippen LogP contribution < -0.4 is 0 Å². The first-order valence-electron chi connectivity index (χ1n) is 5.66. The van der Waals surface area contributed by atoms with Gasteiger partial charge in [-0.3, -0.25) is 0 Å². The van der Waals surface area contributed by atoms with Crippen LogP contribution in [0, 0.1) is 6.92 Å². The molecule has 19 heavy (non-hydrogen) atoms. The molecule has 0 saturated carbocycles. The van der Waals surface area contributed by atoms with Crippen molar-refractivity contribution in [3.05, 3.63) is 59.7 Å². The maximum Gasteiger partial charge on any atom is 0.335 e. The molecule has 0 fully saturated rings. The minimum absolute atomic E-state index is 0.290. The number of aromatic carboxylic acids is 1. The Balaban J connectivity index is 0.000000191. The Labute approximate surface area is 123 Å². The van der Waals surface area contributed by atoms with E-state index in [4.69, 9.17) is 5.11 Å². The number of carboxylic acids is 1. The summed E-state index contributed by atoms with van der Waals surface area (Å²) in [6, 6.07) is 14.9. The van der Waals surface area contributed by atoms with Crippen molar-refractivity contribution in [3.8, 4) is 0 Å². The van der Waals surface area contributed by atoms with Crippen LogP contribution in [0.3, 0.4) is 0 Å². The molecule has 2 nitrogen and oxygen atoms in total. The van der Waals surface area contributed by atoms with Crippen LogP contribution in [-0.2, 0) is 0 Å². The second-order valence-electron chi connectivity index (χ2n) is 3.87. The first-order chi connectivity index (χ1) is 9.02. The largest absolute Gasteiger partial charge is 0.478 e. The highest BCUT2D eigenvalue weighted by atomic mass is 32.2. The van der Waals surface area contributed by atoms with E-state index in [-0.39, 0.29) is 5.56 Å². The maximum absolute atomic E-state index is 10.3. The fraction of sp³-hybridized carbons (Fsp3) is 0.133. The molecule has 1 N–H and O–H groups in total. The number of rotatable bonds is 2. The lowest BCUT2D eigenvalue weighted by molar-refractivity contribution is 0.0697. The van der Waals surface area contributed by atoms with Gasteiger partial charge in [0.1, 0.15) is 0 Å². The van der Waals surface area contributed by atoms with Gasteiger partial charge in [0.25, 0.3) is 0 Å². The van der Waals surface area contributed by atoms with E-state index >= 15 is 0 Å². The lowest BCUT2D eigenvalue weighted by Crippen LogP contribution is -1.94. The zero-order chi connectivity index (χ0) is 14.3. The molecular weight excluding hydrogens is 276 g/mol. The molecular formula is C15H16O2S2. The molecule has 4 heteroatoms. The van der Waals surface area contributed by atoms with Gasteiger partial charge in [0, 0.05) is 9.79 Å². The van der Waals surface area contributed by atoms with E-state index in [1.54, 1.807) is 23.9 Å². The molecule has 0 atom stereocenters. The van der Waals surface area contributed by atoms with Crippen molar-refractivity contribution in [2.24, 2.45) is 0 Å². The average Bonchev–Trinajstić information content (AvgIpc) is 2.41. The SMILES string of the molecule is CSc1ccc(C)cc1.O=C(O)c1ccc(S)cc1. The highest BCUT2D eigenvalue weighted by molar-refractivity contribution is 7.98. The molecule has 0 spiro atoms. The van der Waals surface area contributed by atoms with Gasteiger partial charge in [-0.05, 0) is 49.6 Å². The molecule has 0 aliphatic carbocycles. The Morgan fingerprint density at radius 2 is 1.58 bits per heavy atom. The summed E-state index contributed by atoms with van der Waals surface area (Å²) in [4.78, 5) is 12.4. The molecule has 2 rings (SSSR count). The molecule has 0 amide bonds. The second kappa shape index (κ2) is 7.92. The highest BCUT2D eigenvalue weighted by Crippen LogP contribution is 2.13. The van der Waals surface area contributed by atoms with Gasteiger partial charge in [0.15, 0.2) is 0 Å². The quantitative estimate of drug-likeness (QED) is 0.636. The number of hydrogen-bond acceptors (Lipinski definition) is 3. The van der Waals surface area contributed by atoms with E-state index in [1.165, 1.54) is 22.6 Å². The molecule has 0 heterocycles. The Morgan fingerprint density at radius 1 is 1.05 bits per heavy atom. The highest BCUT2D eigenvalue weighted by Gasteiger charge is 1.98. The van der Waals surface area contributed by atoms with Gasteiger partial charge in [-0.25, -0.2) is 4.79 Å². The van der Waals surface area contributed by atoms with Crippen molar-refractivity contribution in [2.75, 3.05) is 6.26 Å². The molecule has 0 saturated heterocycles. The first kappa shape index (κ1) is 15.7. The standard InChI is InChI=1S/C8H10S.C7H6O2S/c1-7-3-5-8(9-2)6-4-7;8-7(9)5-1-3-6(10)4-2-5/h3-6H,1-2H3;1-4,10H,(H,8,9). The van der Waals surface area contributed by atoms with Crippen LogP contribution in [0.4, 0.5) is 0 Å². The Kier molecular flexibility index (Phi) is 6.53. The summed E-state index contributed by atoms with van der Waals surface area (Å²) < 4.78 is 0. The number of carbonyl (C=O) groups is 1. The summed E-state index contributed by atoms with van der Waals surface area (Å²) >= 11 is 5.78. The van der Waals surface area contributed by atoms with Gasteiger partial charge in [-0.15, -0.1) is 24.4 Å². The van der Waals surface area contributed by atoms with Crippen LogP contribution in [0.1, 0.15) is 15.9 Å². The summed E-state index contributed by atoms with van der Waals surface area (Å²) in [6.07, 6.45) is 2.09. The predicted octanol–water partition coefficient (Wildman–Crippen LogP) is 4.39. The van der Waals surface area contributed by atoms with Crippen LogP contribution in [0.15, 0.2) is 58.3 Å². The van der Waals surface area contributed by atoms with Crippen LogP contribution in [0.25, 0.3) is 0 Å². The van der Waals surface area contributed by atoms with Crippen molar-refractivity contribution in [2.45, 2.75) is 16.7 Å². The second-order valence-corrected chi connectivity index (χ2v) is 5.27. The number of thiol groups is 1. The van der Waals surface area contributed by atoms with Gasteiger partial charge >= 0.3 is 5.97 Å². The van der Waals surface area contributed by atoms with Gasteiger partial charge in [0.05, 0.1) is 5.56 Å². The zero-order valence-electron chi connectivity index (χ0n) is 10.8. The van der Waals surface area contributed by atoms with Gasteiger partial charge in [-0.1, -0.05) is 17.7 Å². The Morgan fingerprint density at radius 3 is 2.00 bits per heavy atom. The summed E-state index contributed by atoms with van der Waals surface area (Å²) in [5.74, 6) is -0.909. The molecule has 0 aliphatic heterocycles. The number of benzene rings is 2. The van der Waals surface area contributed by atoms with E-state index in [9.17, 15) is 4.79 Å². The van der Waals surface area contributed by atoms with Crippen molar-refractivity contribution in [1.29, 1.82) is 0 Å². The smallest absolute Gasteiger partial charge is 0.335 e. The molecule has 0 aliphatic rings. The van der Waals surface area contributed by atoms with Crippen molar-refractivity contribution < 1.29 is 9.90 Å². The maximum atomic E-state index is 10.3. The number of thioether (sulfide) groups is 1. The van der Waals surface area contributed by atoms with Crippen molar-refractivity contribution in [3.63, 3.8) is 0 Å². The molecule has 0 unspecified atom stereocenters. The normalized spacial score (nSPS) is 9.42. The summed E-state index contributed by atoms with van der Waals surface area (Å²) in [5, 5.41) is 8.45. The summed E-state index contributed by atoms with van der Waals surface area (Å²) in [5.41, 5.74) is 1.62. The monoisotopic (exact) mass is 292 g/mol. The summed E-state index contributed by atoms with van der Waals surface area (Å²) in [7, 11) is 0. The lowest BCUT2D eigenvalue weighted by Gasteiger charge is -1.93. The van der Waals surface area contributed by atoms with E-state index < -0.39 is 5.97 Å². The fourth-order valence-corrected chi connectivity index (χ4v) is 1.84. The third-order valence-electron chi connectivity index (χ3n) is 2.37. The third-order valence-corrected chi connectivity index (χ3v) is 3.41. The third kappa shape index (κ3) is 5.85. The Hall–Kier alpha value is -1.39. The zero-order valence-corrected chi connectivity index (χ0v) is 12.5. The van der Waals surface area contributed by atoms with Crippen molar-refractivity contribution >= 4 is 30.4 Å². The van der Waals surface area contributed by atoms with Crippen molar-refractivity contribution in [1.82, 2.24) is 0 Å². The number of aryl methyl sites for hydroxylation is 1. The predicted molar refractivity (Wildman–Crippen MR) is 83.6 cm³/mol. The minimum atomic E-state index is -0.909. The molecule has 2 aromatic carbocycles. The molecule has 0 radical (unpaired) electrons. The van der Waals surface area contributed by atoms with E-state index in [0.717, 1.165) is 4.90 Å². The van der Waals surface area contributed by atoms with E-state index in [0.29, 0.717) is 0 Å². The molecule has 2 aromatic rings. The van der Waals surface area contributed by atoms with Gasteiger partial charge < -0.3 is 5.11 Å². The van der Waals surface area contributed by atoms with E-state index in [2.05, 4.69) is 50.1 Å². The molecule has 0 bridgehead atoms. The molecule has 100 valence electrons. The fourth-order valence-electron chi connectivity index (χ4n) is 1.28. The topological polar surface area (TPSA) is 37.3 Å². The minimum Gasteiger partial charge on any atom is -0.478 e. The first-order valence-corrected chi connectivity index (χ1v) is 7.33. The van der Waals surface area contributed by atoms with Crippen LogP contribution in [-0.4, -0.2) is 17.3 Å². The van der Waals surface area contributed by atoms with Gasteiger partial charge in [-0.2, -0.15) is 0 Å². The van der Waals surface area contributed by atoms with Crippen LogP contribution in [0.5, 0.6) is 0 Å². The summed E-state index contributed by atoms with van der Waals surface area (Å²) in [6.45, 7) is 2.10. The van der Waals surface area contributed by atoms with Crippen LogP contribution in [0.2, 0.25) is 0 Å². The molecule has 0 aromatic heterocycles. The number of hydrogen-bond donors (Lipinski definition) is 2. The van der Waals surface area contributed by atoms with E-state index in [1.807, 2.05) is 0 Å². The average molecular weight is 292 g/mol. The lowest BCUT2D eigenvalue weighted by atomic mass is 10.2. The van der Waals surface area contributed by atoms with Crippen LogP contribution >= 0.6 is 24.4 Å². The van der Waals surface area contributed by atoms with Gasteiger partial charge in [0.2, 0.25) is 0 Å². The Bertz CT molecular complexity index is 519. The number of carboxylic acid groups (broad SMARTS) is 1.